The highest BCUT2D eigenvalue weighted by Gasteiger charge is 2.57. The van der Waals surface area contributed by atoms with E-state index in [4.69, 9.17) is 18.9 Å². The number of hydrogen-bond donors (Lipinski definition) is 0. The minimum absolute atomic E-state index is 0.0563. The van der Waals surface area contributed by atoms with Gasteiger partial charge >= 0.3 is 0 Å². The topological polar surface area (TPSA) is 54.0 Å². The van der Waals surface area contributed by atoms with Crippen molar-refractivity contribution in [3.63, 3.8) is 0 Å². The first kappa shape index (κ1) is 13.9. The summed E-state index contributed by atoms with van der Waals surface area (Å²) < 4.78 is 22.3. The predicted octanol–water partition coefficient (Wildman–Crippen LogP) is 1.49. The Labute approximate surface area is 108 Å². The molecule has 2 fully saturated rings. The van der Waals surface area contributed by atoms with E-state index in [2.05, 4.69) is 0 Å². The van der Waals surface area contributed by atoms with Crippen LogP contribution in [0.15, 0.2) is 0 Å². The standard InChI is InChI=1S/C13H22O5/c1-7(2)6-8(14)9-10-11(12(15-5)16-9)18-13(3,4)17-10/h7,9-12H,6H2,1-5H3/t9-,10+,11+,12+/m1/s1. The van der Waals surface area contributed by atoms with Crippen molar-refractivity contribution in [2.45, 2.75) is 64.5 Å². The van der Waals surface area contributed by atoms with Gasteiger partial charge in [0.25, 0.3) is 0 Å². The Morgan fingerprint density at radius 3 is 2.44 bits per heavy atom. The van der Waals surface area contributed by atoms with Gasteiger partial charge < -0.3 is 18.9 Å². The van der Waals surface area contributed by atoms with Crippen molar-refractivity contribution in [1.29, 1.82) is 0 Å². The van der Waals surface area contributed by atoms with E-state index in [1.54, 1.807) is 7.11 Å². The van der Waals surface area contributed by atoms with E-state index >= 15 is 0 Å². The third-order valence-electron chi connectivity index (χ3n) is 3.17. The molecule has 0 unspecified atom stereocenters. The highest BCUT2D eigenvalue weighted by Crippen LogP contribution is 2.39. The number of methoxy groups -OCH3 is 1. The molecule has 0 bridgehead atoms. The fourth-order valence-electron chi connectivity index (χ4n) is 2.53. The largest absolute Gasteiger partial charge is 0.353 e. The van der Waals surface area contributed by atoms with Crippen LogP contribution in [0.2, 0.25) is 0 Å². The summed E-state index contributed by atoms with van der Waals surface area (Å²) in [7, 11) is 1.55. The van der Waals surface area contributed by atoms with Crippen molar-refractivity contribution in [3.05, 3.63) is 0 Å². The van der Waals surface area contributed by atoms with Gasteiger partial charge in [0.15, 0.2) is 17.9 Å². The van der Waals surface area contributed by atoms with Gasteiger partial charge in [-0.1, -0.05) is 13.8 Å². The summed E-state index contributed by atoms with van der Waals surface area (Å²) in [6.07, 6.45) is -1.32. The van der Waals surface area contributed by atoms with E-state index < -0.39 is 18.2 Å². The Morgan fingerprint density at radius 1 is 1.28 bits per heavy atom. The second-order valence-electron chi connectivity index (χ2n) is 5.79. The van der Waals surface area contributed by atoms with Gasteiger partial charge in [0.1, 0.15) is 18.3 Å². The second kappa shape index (κ2) is 4.89. The van der Waals surface area contributed by atoms with Gasteiger partial charge in [-0.15, -0.1) is 0 Å². The van der Waals surface area contributed by atoms with Crippen molar-refractivity contribution in [3.8, 4) is 0 Å². The SMILES string of the molecule is CO[C@H]1O[C@H](C(=O)CC(C)C)[C@@H]2OC(C)(C)O[C@H]12. The monoisotopic (exact) mass is 258 g/mol. The van der Waals surface area contributed by atoms with Crippen molar-refractivity contribution in [2.75, 3.05) is 7.11 Å². The second-order valence-corrected chi connectivity index (χ2v) is 5.79. The zero-order valence-electron chi connectivity index (χ0n) is 11.6. The zero-order chi connectivity index (χ0) is 13.5. The van der Waals surface area contributed by atoms with Gasteiger partial charge in [-0.05, 0) is 19.8 Å². The first-order valence-electron chi connectivity index (χ1n) is 6.40. The molecule has 0 aromatic heterocycles. The molecule has 4 atom stereocenters. The van der Waals surface area contributed by atoms with Crippen LogP contribution in [0.3, 0.4) is 0 Å². The molecule has 0 amide bonds. The highest BCUT2D eigenvalue weighted by molar-refractivity contribution is 5.84. The van der Waals surface area contributed by atoms with Crippen LogP contribution in [0.5, 0.6) is 0 Å². The maximum atomic E-state index is 12.2. The molecule has 18 heavy (non-hydrogen) atoms. The molecule has 2 saturated heterocycles. The third kappa shape index (κ3) is 2.59. The van der Waals surface area contributed by atoms with Crippen LogP contribution in [-0.2, 0) is 23.7 Å². The van der Waals surface area contributed by atoms with E-state index in [1.807, 2.05) is 27.7 Å². The molecular formula is C13H22O5. The molecule has 2 aliphatic rings. The lowest BCUT2D eigenvalue weighted by molar-refractivity contribution is -0.225. The van der Waals surface area contributed by atoms with Gasteiger partial charge in [0, 0.05) is 13.5 Å². The molecule has 0 saturated carbocycles. The van der Waals surface area contributed by atoms with Crippen LogP contribution in [0, 0.1) is 5.92 Å². The van der Waals surface area contributed by atoms with E-state index in [0.29, 0.717) is 12.3 Å². The molecule has 0 aromatic carbocycles. The lowest BCUT2D eigenvalue weighted by Gasteiger charge is -2.23. The van der Waals surface area contributed by atoms with Crippen molar-refractivity contribution >= 4 is 5.78 Å². The van der Waals surface area contributed by atoms with E-state index in [0.717, 1.165) is 0 Å². The van der Waals surface area contributed by atoms with Crippen LogP contribution < -0.4 is 0 Å². The minimum Gasteiger partial charge on any atom is -0.353 e. The van der Waals surface area contributed by atoms with Gasteiger partial charge in [-0.2, -0.15) is 0 Å². The number of Topliss-reactive ketones (excluding diaryl/α,β-unsaturated/α-hetero) is 1. The molecule has 2 aliphatic heterocycles. The van der Waals surface area contributed by atoms with Crippen LogP contribution in [0.25, 0.3) is 0 Å². The van der Waals surface area contributed by atoms with Gasteiger partial charge in [0.2, 0.25) is 0 Å². The van der Waals surface area contributed by atoms with Crippen LogP contribution >= 0.6 is 0 Å². The summed E-state index contributed by atoms with van der Waals surface area (Å²) in [5.41, 5.74) is 0. The van der Waals surface area contributed by atoms with Crippen LogP contribution in [0.4, 0.5) is 0 Å². The van der Waals surface area contributed by atoms with Gasteiger partial charge in [0.05, 0.1) is 0 Å². The predicted molar refractivity (Wildman–Crippen MR) is 64.0 cm³/mol. The van der Waals surface area contributed by atoms with Gasteiger partial charge in [-0.3, -0.25) is 4.79 Å². The molecule has 0 aromatic rings. The number of carbonyl (C=O) groups is 1. The summed E-state index contributed by atoms with van der Waals surface area (Å²) in [6.45, 7) is 7.69. The molecule has 2 heterocycles. The van der Waals surface area contributed by atoms with E-state index in [1.165, 1.54) is 0 Å². The summed E-state index contributed by atoms with van der Waals surface area (Å²) in [6, 6.07) is 0. The van der Waals surface area contributed by atoms with Crippen molar-refractivity contribution in [1.82, 2.24) is 0 Å². The zero-order valence-corrected chi connectivity index (χ0v) is 11.6. The average Bonchev–Trinajstić information content (AvgIpc) is 2.69. The molecule has 0 radical (unpaired) electrons. The molecule has 0 N–H and O–H groups in total. The Morgan fingerprint density at radius 2 is 1.89 bits per heavy atom. The maximum Gasteiger partial charge on any atom is 0.187 e. The fraction of sp³-hybridized carbons (Fsp3) is 0.923. The molecule has 2 rings (SSSR count). The number of ketones is 1. The Balaban J connectivity index is 2.11. The Hall–Kier alpha value is -0.490. The fourth-order valence-corrected chi connectivity index (χ4v) is 2.53. The third-order valence-corrected chi connectivity index (χ3v) is 3.17. The molecule has 0 aliphatic carbocycles. The van der Waals surface area contributed by atoms with Crippen molar-refractivity contribution in [2.24, 2.45) is 5.92 Å². The molecular weight excluding hydrogens is 236 g/mol. The van der Waals surface area contributed by atoms with Gasteiger partial charge in [-0.25, -0.2) is 0 Å². The summed E-state index contributed by atoms with van der Waals surface area (Å²) in [4.78, 5) is 12.2. The Kier molecular flexibility index (Phi) is 3.78. The lowest BCUT2D eigenvalue weighted by atomic mass is 9.99. The lowest BCUT2D eigenvalue weighted by Crippen LogP contribution is -2.36. The average molecular weight is 258 g/mol. The summed E-state index contributed by atoms with van der Waals surface area (Å²) >= 11 is 0. The number of hydrogen-bond acceptors (Lipinski definition) is 5. The molecule has 5 heteroatoms. The minimum atomic E-state index is -0.688. The van der Waals surface area contributed by atoms with Crippen LogP contribution in [0.1, 0.15) is 34.1 Å². The Bertz CT molecular complexity index is 325. The highest BCUT2D eigenvalue weighted by atomic mass is 16.8. The smallest absolute Gasteiger partial charge is 0.187 e. The molecule has 5 nitrogen and oxygen atoms in total. The number of fused-ring (bicyclic) bond motifs is 1. The van der Waals surface area contributed by atoms with E-state index in [-0.39, 0.29) is 18.0 Å². The normalized spacial score (nSPS) is 38.1. The molecule has 0 spiro atoms. The number of ether oxygens (including phenoxy) is 4. The maximum absolute atomic E-state index is 12.2. The number of rotatable bonds is 4. The first-order valence-corrected chi connectivity index (χ1v) is 6.40. The first-order chi connectivity index (χ1) is 8.34. The van der Waals surface area contributed by atoms with Crippen molar-refractivity contribution < 1.29 is 23.7 Å². The summed E-state index contributed by atoms with van der Waals surface area (Å²) in [5, 5.41) is 0. The molecule has 104 valence electrons. The number of carbonyl (C=O) groups excluding carboxylic acids is 1. The van der Waals surface area contributed by atoms with E-state index in [9.17, 15) is 4.79 Å². The quantitative estimate of drug-likeness (QED) is 0.764. The summed E-state index contributed by atoms with van der Waals surface area (Å²) in [5.74, 6) is -0.330. The van der Waals surface area contributed by atoms with Crippen LogP contribution in [-0.4, -0.2) is 43.3 Å².